The van der Waals surface area contributed by atoms with E-state index in [0.29, 0.717) is 0 Å². The minimum Gasteiger partial charge on any atom is -0.306 e. The van der Waals surface area contributed by atoms with Crippen LogP contribution in [0.25, 0.3) is 10.1 Å². The second kappa shape index (κ2) is 5.75. The molecule has 1 nitrogen and oxygen atoms in total. The predicted molar refractivity (Wildman–Crippen MR) is 89.4 cm³/mol. The topological polar surface area (TPSA) is 12.0 Å². The molecule has 1 atom stereocenters. The zero-order chi connectivity index (χ0) is 13.2. The Hall–Kier alpha value is -0.680. The zero-order valence-corrected chi connectivity index (χ0v) is 13.7. The van der Waals surface area contributed by atoms with E-state index in [9.17, 15) is 0 Å². The van der Waals surface area contributed by atoms with Crippen molar-refractivity contribution in [3.63, 3.8) is 0 Å². The van der Waals surface area contributed by atoms with Crippen molar-refractivity contribution in [1.82, 2.24) is 5.32 Å². The van der Waals surface area contributed by atoms with Crippen molar-refractivity contribution in [3.8, 4) is 0 Å². The van der Waals surface area contributed by atoms with Crippen LogP contribution in [0, 0.1) is 0 Å². The molecule has 1 aromatic carbocycles. The summed E-state index contributed by atoms with van der Waals surface area (Å²) in [6.07, 6.45) is 0. The van der Waals surface area contributed by atoms with Gasteiger partial charge >= 0.3 is 0 Å². The summed E-state index contributed by atoms with van der Waals surface area (Å²) in [5.74, 6) is 0. The summed E-state index contributed by atoms with van der Waals surface area (Å²) in [7, 11) is 0. The number of hydrogen-bond acceptors (Lipinski definition) is 3. The maximum Gasteiger partial charge on any atom is 0.0610 e. The standard InChI is InChI=1S/C15H14BrNS2/c1-2-17-15(12-7-18-9-13(12)16)11-8-19-14-6-4-3-5-10(11)14/h3-9,15,17H,2H2,1H3. The van der Waals surface area contributed by atoms with Gasteiger partial charge in [0.1, 0.15) is 0 Å². The smallest absolute Gasteiger partial charge is 0.0610 e. The molecule has 2 aromatic heterocycles. The summed E-state index contributed by atoms with van der Waals surface area (Å²) in [5, 5.41) is 11.6. The summed E-state index contributed by atoms with van der Waals surface area (Å²) in [6.45, 7) is 3.11. The SMILES string of the molecule is CCNC(c1cscc1Br)c1csc2ccccc12. The van der Waals surface area contributed by atoms with E-state index >= 15 is 0 Å². The number of benzene rings is 1. The van der Waals surface area contributed by atoms with Crippen molar-refractivity contribution in [1.29, 1.82) is 0 Å². The molecule has 1 unspecified atom stereocenters. The van der Waals surface area contributed by atoms with Crippen LogP contribution in [0.4, 0.5) is 0 Å². The maximum atomic E-state index is 3.66. The van der Waals surface area contributed by atoms with E-state index in [1.807, 2.05) is 11.3 Å². The molecule has 98 valence electrons. The fourth-order valence-corrected chi connectivity index (χ4v) is 4.85. The third kappa shape index (κ3) is 2.50. The average Bonchev–Trinajstić information content (AvgIpc) is 3.03. The molecular weight excluding hydrogens is 338 g/mol. The van der Waals surface area contributed by atoms with Crippen LogP contribution in [0.1, 0.15) is 24.1 Å². The van der Waals surface area contributed by atoms with Gasteiger partial charge < -0.3 is 5.32 Å². The molecule has 4 heteroatoms. The fraction of sp³-hybridized carbons (Fsp3) is 0.200. The Morgan fingerprint density at radius 3 is 2.74 bits per heavy atom. The van der Waals surface area contributed by atoms with Gasteiger partial charge in [0.2, 0.25) is 0 Å². The van der Waals surface area contributed by atoms with Crippen LogP contribution in [-0.4, -0.2) is 6.54 Å². The maximum absolute atomic E-state index is 3.66. The van der Waals surface area contributed by atoms with Crippen LogP contribution in [0.15, 0.2) is 44.9 Å². The molecule has 0 saturated heterocycles. The first-order chi connectivity index (χ1) is 9.31. The number of thiophene rings is 2. The van der Waals surface area contributed by atoms with Gasteiger partial charge in [-0.15, -0.1) is 11.3 Å². The van der Waals surface area contributed by atoms with E-state index in [-0.39, 0.29) is 6.04 Å². The van der Waals surface area contributed by atoms with Gasteiger partial charge in [-0.2, -0.15) is 11.3 Å². The highest BCUT2D eigenvalue weighted by molar-refractivity contribution is 9.10. The van der Waals surface area contributed by atoms with Crippen LogP contribution < -0.4 is 5.32 Å². The second-order valence-corrected chi connectivity index (χ2v) is 6.86. The molecule has 19 heavy (non-hydrogen) atoms. The predicted octanol–water partition coefficient (Wildman–Crippen LogP) is 5.42. The highest BCUT2D eigenvalue weighted by Gasteiger charge is 2.19. The fourth-order valence-electron chi connectivity index (χ4n) is 2.31. The molecule has 0 aliphatic rings. The third-order valence-corrected chi connectivity index (χ3v) is 5.92. The van der Waals surface area contributed by atoms with Gasteiger partial charge in [0.15, 0.2) is 0 Å². The van der Waals surface area contributed by atoms with Crippen LogP contribution in [-0.2, 0) is 0 Å². The average molecular weight is 352 g/mol. The van der Waals surface area contributed by atoms with E-state index in [0.717, 1.165) is 6.54 Å². The number of nitrogens with one attached hydrogen (secondary N) is 1. The Bertz CT molecular complexity index is 686. The minimum absolute atomic E-state index is 0.266. The Balaban J connectivity index is 2.12. The number of rotatable bonds is 4. The Labute approximate surface area is 129 Å². The first-order valence-electron chi connectivity index (χ1n) is 6.22. The number of fused-ring (bicyclic) bond motifs is 1. The monoisotopic (exact) mass is 351 g/mol. The van der Waals surface area contributed by atoms with E-state index in [1.54, 1.807) is 11.3 Å². The van der Waals surface area contributed by atoms with Gasteiger partial charge in [-0.25, -0.2) is 0 Å². The van der Waals surface area contributed by atoms with Gasteiger partial charge in [-0.1, -0.05) is 25.1 Å². The van der Waals surface area contributed by atoms with Crippen LogP contribution in [0.2, 0.25) is 0 Å². The molecule has 3 aromatic rings. The lowest BCUT2D eigenvalue weighted by molar-refractivity contribution is 0.635. The molecule has 0 aliphatic heterocycles. The van der Waals surface area contributed by atoms with Crippen molar-refractivity contribution < 1.29 is 0 Å². The summed E-state index contributed by atoms with van der Waals surface area (Å²) < 4.78 is 2.55. The van der Waals surface area contributed by atoms with Crippen molar-refractivity contribution in [2.24, 2.45) is 0 Å². The summed E-state index contributed by atoms with van der Waals surface area (Å²) in [5.41, 5.74) is 2.71. The molecule has 2 heterocycles. The molecule has 0 fully saturated rings. The molecule has 0 amide bonds. The highest BCUT2D eigenvalue weighted by Crippen LogP contribution is 2.37. The lowest BCUT2D eigenvalue weighted by Gasteiger charge is -2.17. The molecule has 0 aliphatic carbocycles. The quantitative estimate of drug-likeness (QED) is 0.661. The van der Waals surface area contributed by atoms with E-state index in [2.05, 4.69) is 68.6 Å². The summed E-state index contributed by atoms with van der Waals surface area (Å²) >= 11 is 7.22. The van der Waals surface area contributed by atoms with Gasteiger partial charge in [-0.05, 0) is 55.8 Å². The largest absolute Gasteiger partial charge is 0.306 e. The summed E-state index contributed by atoms with van der Waals surface area (Å²) in [6, 6.07) is 8.89. The highest BCUT2D eigenvalue weighted by atomic mass is 79.9. The second-order valence-electron chi connectivity index (χ2n) is 4.35. The van der Waals surface area contributed by atoms with Crippen molar-refractivity contribution in [2.75, 3.05) is 6.54 Å². The Kier molecular flexibility index (Phi) is 4.03. The zero-order valence-electron chi connectivity index (χ0n) is 10.5. The van der Waals surface area contributed by atoms with Crippen molar-refractivity contribution in [3.05, 3.63) is 56.0 Å². The Morgan fingerprint density at radius 2 is 2.00 bits per heavy atom. The summed E-state index contributed by atoms with van der Waals surface area (Å²) in [4.78, 5) is 0. The van der Waals surface area contributed by atoms with Gasteiger partial charge in [0.25, 0.3) is 0 Å². The van der Waals surface area contributed by atoms with Crippen molar-refractivity contribution in [2.45, 2.75) is 13.0 Å². The van der Waals surface area contributed by atoms with E-state index in [1.165, 1.54) is 25.7 Å². The number of halogens is 1. The molecular formula is C15H14BrNS2. The third-order valence-electron chi connectivity index (χ3n) is 3.18. The van der Waals surface area contributed by atoms with Gasteiger partial charge in [0, 0.05) is 14.6 Å². The van der Waals surface area contributed by atoms with Crippen LogP contribution in [0.3, 0.4) is 0 Å². The lowest BCUT2D eigenvalue weighted by Crippen LogP contribution is -2.21. The lowest BCUT2D eigenvalue weighted by atomic mass is 10.0. The van der Waals surface area contributed by atoms with Crippen LogP contribution >= 0.6 is 38.6 Å². The van der Waals surface area contributed by atoms with Crippen LogP contribution in [0.5, 0.6) is 0 Å². The van der Waals surface area contributed by atoms with Crippen molar-refractivity contribution >= 4 is 48.7 Å². The Morgan fingerprint density at radius 1 is 1.16 bits per heavy atom. The molecule has 0 radical (unpaired) electrons. The molecule has 3 rings (SSSR count). The van der Waals surface area contributed by atoms with E-state index in [4.69, 9.17) is 0 Å². The van der Waals surface area contributed by atoms with E-state index < -0.39 is 0 Å². The van der Waals surface area contributed by atoms with Gasteiger partial charge in [-0.3, -0.25) is 0 Å². The molecule has 0 bridgehead atoms. The van der Waals surface area contributed by atoms with Gasteiger partial charge in [0.05, 0.1) is 6.04 Å². The minimum atomic E-state index is 0.266. The first kappa shape index (κ1) is 13.3. The normalized spacial score (nSPS) is 12.9. The first-order valence-corrected chi connectivity index (χ1v) is 8.84. The molecule has 0 spiro atoms. The molecule has 0 saturated carbocycles. The molecule has 1 N–H and O–H groups in total. The number of hydrogen-bond donors (Lipinski definition) is 1.